The van der Waals surface area contributed by atoms with Crippen LogP contribution in [0.15, 0.2) is 340 Å². The number of hydrogen-bond acceptors (Lipinski definition) is 14. The monoisotopic (exact) mass is 1790 g/mol. The van der Waals surface area contributed by atoms with Gasteiger partial charge in [-0.2, -0.15) is 0 Å². The highest BCUT2D eigenvalue weighted by molar-refractivity contribution is 5.82. The van der Waals surface area contributed by atoms with Gasteiger partial charge in [-0.1, -0.05) is 223 Å². The molecule has 0 fully saturated rings. The van der Waals surface area contributed by atoms with Crippen molar-refractivity contribution in [3.05, 3.63) is 362 Å². The smallest absolute Gasteiger partial charge is 0.150 e. The van der Waals surface area contributed by atoms with Gasteiger partial charge in [0.05, 0.1) is 37.5 Å². The number of carbonyl (C=O) groups excluding carboxylic acids is 2. The van der Waals surface area contributed by atoms with Crippen LogP contribution in [0.25, 0.3) is 11.1 Å². The van der Waals surface area contributed by atoms with Crippen LogP contribution in [0.2, 0.25) is 0 Å². The van der Waals surface area contributed by atoms with E-state index in [1.54, 1.807) is 36.4 Å². The molecule has 0 amide bonds. The molecular weight excluding hydrogens is 1660 g/mol. The van der Waals surface area contributed by atoms with Crippen molar-refractivity contribution in [3.8, 4) is 80.1 Å². The Kier molecular flexibility index (Phi) is 35.1. The molecule has 134 heavy (non-hydrogen) atoms. The zero-order valence-electron chi connectivity index (χ0n) is 79.3. The molecule has 14 nitrogen and oxygen atoms in total. The molecule has 0 aliphatic rings. The molecular formula is C120H130N4O10. The highest BCUT2D eigenvalue weighted by atomic mass is 16.5. The summed E-state index contributed by atoms with van der Waals surface area (Å²) in [5.41, 5.74) is 14.1. The van der Waals surface area contributed by atoms with E-state index in [2.05, 4.69) is 312 Å². The first kappa shape index (κ1) is 96.1. The number of carbonyl (C=O) groups is 2. The molecule has 690 valence electrons. The molecule has 0 saturated carbocycles. The second-order valence-corrected chi connectivity index (χ2v) is 34.4. The normalized spacial score (nSPS) is 11.3. The number of hydrogen-bond donors (Lipinski definition) is 0. The van der Waals surface area contributed by atoms with Crippen molar-refractivity contribution in [2.45, 2.75) is 195 Å². The Morgan fingerprint density at radius 2 is 0.470 bits per heavy atom. The van der Waals surface area contributed by atoms with E-state index in [9.17, 15) is 9.59 Å². The van der Waals surface area contributed by atoms with E-state index in [4.69, 9.17) is 37.9 Å². The number of benzene rings is 14. The Hall–Kier alpha value is -14.0. The number of anilines is 10. The van der Waals surface area contributed by atoms with E-state index in [0.717, 1.165) is 212 Å². The summed E-state index contributed by atoms with van der Waals surface area (Å²) >= 11 is 0. The molecule has 14 rings (SSSR count). The fourth-order valence-electron chi connectivity index (χ4n) is 17.9. The van der Waals surface area contributed by atoms with E-state index in [1.165, 1.54) is 31.2 Å². The van der Waals surface area contributed by atoms with Crippen LogP contribution in [-0.2, 0) is 11.1 Å². The first-order chi connectivity index (χ1) is 65.9. The van der Waals surface area contributed by atoms with Crippen LogP contribution in [0.3, 0.4) is 0 Å². The quantitative estimate of drug-likeness (QED) is 0.0266. The van der Waals surface area contributed by atoms with Gasteiger partial charge < -0.3 is 57.5 Å². The minimum Gasteiger partial charge on any atom is -0.494 e. The minimum atomic E-state index is -0.542. The van der Waals surface area contributed by atoms with Gasteiger partial charge in [-0.05, 0) is 280 Å². The van der Waals surface area contributed by atoms with Crippen LogP contribution in [-0.4, -0.2) is 39.0 Å². The molecule has 14 aromatic carbocycles. The fourth-order valence-corrected chi connectivity index (χ4v) is 17.9. The van der Waals surface area contributed by atoms with Gasteiger partial charge in [0.1, 0.15) is 81.6 Å². The Morgan fingerprint density at radius 3 is 0.784 bits per heavy atom. The summed E-state index contributed by atoms with van der Waals surface area (Å²) in [6.45, 7) is 20.6. The lowest BCUT2D eigenvalue weighted by atomic mass is 9.81. The maximum absolute atomic E-state index is 11.6. The van der Waals surface area contributed by atoms with Crippen LogP contribution in [0.5, 0.6) is 69.0 Å². The number of ether oxygens (including phenoxy) is 8. The Morgan fingerprint density at radius 1 is 0.216 bits per heavy atom. The van der Waals surface area contributed by atoms with Gasteiger partial charge in [0.25, 0.3) is 0 Å². The predicted molar refractivity (Wildman–Crippen MR) is 551 cm³/mol. The minimum absolute atomic E-state index is 0.521. The molecule has 0 aromatic heterocycles. The molecule has 0 aliphatic carbocycles. The van der Waals surface area contributed by atoms with Gasteiger partial charge in [0.15, 0.2) is 0 Å². The standard InChI is InChI=1S/C120H130N4O10/c1-9-17-21-25-77-127-111-45-30-38-100(82-111)121(102-40-32-50-116(84-102)133-110-75-67-99(68-76-110)124(106-44-36-48-114(88-106)130-80-28-24-20-12-4)120(15-7,16-8)96-37-29-49-115(81-96)131-107-69-53-91(89-125)54-70-107)97-63-59-94(60-64-97)93-57-61-95(62-58-93)119(13-5,14-6)123(105-43-35-47-113(87-105)129-79-27-23-19-11-3)98-65-73-109(74-66-98)134-118-52-34-42-104(86-118)122(101-39-31-46-112(83-101)128-78-26-22-18-10-2)103-41-33-51-117(85-103)132-108-71-55-92(90-126)56-72-108/h29-76,81-90H,9-28,77-80H2,1-8H3. The predicted octanol–water partition coefficient (Wildman–Crippen LogP) is 34.6. The van der Waals surface area contributed by atoms with E-state index in [0.29, 0.717) is 83.6 Å². The third kappa shape index (κ3) is 25.0. The largest absolute Gasteiger partial charge is 0.494 e. The van der Waals surface area contributed by atoms with Gasteiger partial charge in [-0.15, -0.1) is 0 Å². The second kappa shape index (κ2) is 49.0. The molecule has 14 aromatic rings. The zero-order chi connectivity index (χ0) is 93.1. The van der Waals surface area contributed by atoms with Crippen LogP contribution in [0.1, 0.15) is 216 Å². The molecule has 0 aliphatic heterocycles. The summed E-state index contributed by atoms with van der Waals surface area (Å²) < 4.78 is 52.7. The Bertz CT molecular complexity index is 5980. The fraction of sp³-hybridized carbons (Fsp3) is 0.283. The van der Waals surface area contributed by atoms with Gasteiger partial charge in [0.2, 0.25) is 0 Å². The van der Waals surface area contributed by atoms with Crippen molar-refractivity contribution >= 4 is 69.4 Å². The topological polar surface area (TPSA) is 121 Å². The lowest BCUT2D eigenvalue weighted by molar-refractivity contribution is 0.111. The summed E-state index contributed by atoms with van der Waals surface area (Å²) in [7, 11) is 0. The van der Waals surface area contributed by atoms with E-state index in [-0.39, 0.29) is 0 Å². The number of unbranched alkanes of at least 4 members (excludes halogenated alkanes) is 12. The highest BCUT2D eigenvalue weighted by Gasteiger charge is 2.40. The SMILES string of the molecule is CCCCCCOc1cccc(N(c2ccc(-c3ccc(C(CC)(CC)N(c4ccc(Oc5cccc(N(c6cccc(OCCCCCC)c6)c6cccc(Oc7ccc(C=O)cc7)c6)c5)cc4)c4cccc(OCCCCCC)c4)cc3)cc2)c2cccc(Oc3ccc(N(c4cccc(OCCCCCC)c4)C(CC)(CC)c4cccc(Oc5ccc(C=O)cc5)c4)cc3)c2)c1. The van der Waals surface area contributed by atoms with Crippen molar-refractivity contribution in [2.75, 3.05) is 46.0 Å². The maximum Gasteiger partial charge on any atom is 0.150 e. The summed E-state index contributed by atoms with van der Waals surface area (Å²) in [4.78, 5) is 32.5. The van der Waals surface area contributed by atoms with Gasteiger partial charge in [-0.3, -0.25) is 9.59 Å². The van der Waals surface area contributed by atoms with E-state index in [1.807, 2.05) is 66.7 Å². The van der Waals surface area contributed by atoms with Crippen molar-refractivity contribution in [3.63, 3.8) is 0 Å². The molecule has 0 N–H and O–H groups in total. The Balaban J connectivity index is 0.748. The molecule has 0 spiro atoms. The van der Waals surface area contributed by atoms with Crippen molar-refractivity contribution in [2.24, 2.45) is 0 Å². The maximum atomic E-state index is 11.6. The molecule has 0 radical (unpaired) electrons. The van der Waals surface area contributed by atoms with E-state index < -0.39 is 11.1 Å². The summed E-state index contributed by atoms with van der Waals surface area (Å²) in [5.74, 6) is 8.61. The first-order valence-electron chi connectivity index (χ1n) is 48.7. The molecule has 0 heterocycles. The van der Waals surface area contributed by atoms with E-state index >= 15 is 0 Å². The average Bonchev–Trinajstić information content (AvgIpc) is 0.756. The number of aldehydes is 2. The lowest BCUT2D eigenvalue weighted by Crippen LogP contribution is -2.42. The first-order valence-corrected chi connectivity index (χ1v) is 48.7. The molecule has 0 saturated heterocycles. The van der Waals surface area contributed by atoms with Crippen molar-refractivity contribution in [1.29, 1.82) is 0 Å². The highest BCUT2D eigenvalue weighted by Crippen LogP contribution is 2.51. The molecule has 14 heteroatoms. The van der Waals surface area contributed by atoms with Gasteiger partial charge in [-0.25, -0.2) is 0 Å². The average molecular weight is 1790 g/mol. The van der Waals surface area contributed by atoms with Crippen LogP contribution < -0.4 is 57.5 Å². The third-order valence-electron chi connectivity index (χ3n) is 25.2. The summed E-state index contributed by atoms with van der Waals surface area (Å²) in [6.07, 6.45) is 22.6. The molecule has 0 atom stereocenters. The zero-order valence-corrected chi connectivity index (χ0v) is 79.3. The second-order valence-electron chi connectivity index (χ2n) is 34.4. The Labute approximate surface area is 795 Å². The molecule has 0 bridgehead atoms. The van der Waals surface area contributed by atoms with Gasteiger partial charge >= 0.3 is 0 Å². The van der Waals surface area contributed by atoms with Crippen LogP contribution in [0.4, 0.5) is 56.9 Å². The van der Waals surface area contributed by atoms with Gasteiger partial charge in [0, 0.05) is 110 Å². The summed E-state index contributed by atoms with van der Waals surface area (Å²) in [6, 6.07) is 116. The lowest BCUT2D eigenvalue weighted by Gasteiger charge is -2.45. The van der Waals surface area contributed by atoms with Crippen LogP contribution >= 0.6 is 0 Å². The summed E-state index contributed by atoms with van der Waals surface area (Å²) in [5, 5.41) is 0. The number of nitrogens with zero attached hydrogens (tertiary/aromatic N) is 4. The third-order valence-corrected chi connectivity index (χ3v) is 25.2. The molecule has 0 unspecified atom stereocenters. The van der Waals surface area contributed by atoms with Crippen molar-refractivity contribution in [1.82, 2.24) is 0 Å². The number of rotatable bonds is 53. The van der Waals surface area contributed by atoms with Crippen molar-refractivity contribution < 1.29 is 47.5 Å². The van der Waals surface area contributed by atoms with Crippen LogP contribution in [0, 0.1) is 0 Å².